The van der Waals surface area contributed by atoms with Crippen LogP contribution >= 0.6 is 0 Å². The van der Waals surface area contributed by atoms with E-state index in [9.17, 15) is 4.79 Å². The Labute approximate surface area is 176 Å². The highest BCUT2D eigenvalue weighted by Gasteiger charge is 2.42. The molecule has 0 N–H and O–H groups in total. The van der Waals surface area contributed by atoms with Gasteiger partial charge in [-0.2, -0.15) is 0 Å². The quantitative estimate of drug-likeness (QED) is 0.533. The zero-order valence-electron chi connectivity index (χ0n) is 18.1. The van der Waals surface area contributed by atoms with Crippen LogP contribution < -0.4 is 23.7 Å². The molecule has 1 atom stereocenters. The number of carbonyl (C=O) groups is 1. The van der Waals surface area contributed by atoms with Gasteiger partial charge in [0.15, 0.2) is 17.3 Å². The van der Waals surface area contributed by atoms with Crippen LogP contribution in [0.1, 0.15) is 33.9 Å². The van der Waals surface area contributed by atoms with Crippen LogP contribution in [0.4, 0.5) is 0 Å². The standard InChI is InChI=1S/C23H28NO6/c1-24(2)10-9-14-11-19-22(30-13-29-19)23(28-5)20(14)15(24)12-16(25)21-17(26-3)7-6-8-18(21)27-4/h6-8,11,15H,9-10,12-13H2,1-5H3/q+1/t15-/m1/s1. The van der Waals surface area contributed by atoms with Crippen LogP contribution in [0, 0.1) is 0 Å². The highest BCUT2D eigenvalue weighted by atomic mass is 16.7. The summed E-state index contributed by atoms with van der Waals surface area (Å²) in [6.45, 7) is 1.08. The number of likely N-dealkylation sites (N-methyl/N-ethyl adjacent to an activating group) is 1. The molecule has 7 heteroatoms. The first-order valence-corrected chi connectivity index (χ1v) is 9.97. The number of methoxy groups -OCH3 is 3. The van der Waals surface area contributed by atoms with Gasteiger partial charge in [0.05, 0.1) is 54.0 Å². The van der Waals surface area contributed by atoms with E-state index in [0.29, 0.717) is 38.8 Å². The number of rotatable bonds is 6. The zero-order valence-corrected chi connectivity index (χ0v) is 18.1. The molecular weight excluding hydrogens is 386 g/mol. The average molecular weight is 414 g/mol. The number of benzene rings is 2. The van der Waals surface area contributed by atoms with Gasteiger partial charge >= 0.3 is 0 Å². The molecule has 0 radical (unpaired) electrons. The topological polar surface area (TPSA) is 63.2 Å². The Bertz CT molecular complexity index is 962. The second-order valence-electron chi connectivity index (χ2n) is 8.15. The van der Waals surface area contributed by atoms with Gasteiger partial charge in [-0.1, -0.05) is 6.07 Å². The summed E-state index contributed by atoms with van der Waals surface area (Å²) in [6, 6.07) is 7.29. The maximum atomic E-state index is 13.5. The minimum absolute atomic E-state index is 0.0342. The lowest BCUT2D eigenvalue weighted by molar-refractivity contribution is -0.922. The lowest BCUT2D eigenvalue weighted by Crippen LogP contribution is -2.48. The highest BCUT2D eigenvalue weighted by Crippen LogP contribution is 2.51. The van der Waals surface area contributed by atoms with Crippen molar-refractivity contribution in [1.82, 2.24) is 0 Å². The van der Waals surface area contributed by atoms with Crippen molar-refractivity contribution in [3.8, 4) is 28.7 Å². The normalized spacial score (nSPS) is 18.5. The SMILES string of the molecule is COc1cccc(OC)c1C(=O)C[C@@H]1c2c(cc3c(c2OC)OCO3)CC[N+]1(C)C. The summed E-state index contributed by atoms with van der Waals surface area (Å²) >= 11 is 0. The van der Waals surface area contributed by atoms with E-state index in [1.807, 2.05) is 12.1 Å². The summed E-state index contributed by atoms with van der Waals surface area (Å²) in [4.78, 5) is 13.5. The summed E-state index contributed by atoms with van der Waals surface area (Å²) in [5.74, 6) is 2.97. The Kier molecular flexibility index (Phi) is 5.24. The fraction of sp³-hybridized carbons (Fsp3) is 0.435. The molecule has 2 aliphatic rings. The van der Waals surface area contributed by atoms with Crippen LogP contribution in [0.2, 0.25) is 0 Å². The van der Waals surface area contributed by atoms with Crippen molar-refractivity contribution in [1.29, 1.82) is 0 Å². The van der Waals surface area contributed by atoms with Crippen LogP contribution in [0.15, 0.2) is 24.3 Å². The fourth-order valence-corrected chi connectivity index (χ4v) is 4.52. The molecular formula is C23H28NO6+. The van der Waals surface area contributed by atoms with E-state index in [2.05, 4.69) is 14.1 Å². The van der Waals surface area contributed by atoms with Crippen molar-refractivity contribution in [2.24, 2.45) is 0 Å². The molecule has 0 fully saturated rings. The van der Waals surface area contributed by atoms with E-state index >= 15 is 0 Å². The first kappa shape index (κ1) is 20.3. The minimum Gasteiger partial charge on any atom is -0.496 e. The number of quaternary nitrogens is 1. The Hall–Kier alpha value is -2.93. The van der Waals surface area contributed by atoms with Crippen LogP contribution in [0.3, 0.4) is 0 Å². The number of ketones is 1. The van der Waals surface area contributed by atoms with Gasteiger partial charge in [0.25, 0.3) is 0 Å². The molecule has 0 amide bonds. The van der Waals surface area contributed by atoms with E-state index in [-0.39, 0.29) is 25.0 Å². The van der Waals surface area contributed by atoms with Gasteiger partial charge in [-0.05, 0) is 23.8 Å². The van der Waals surface area contributed by atoms with Gasteiger partial charge < -0.3 is 28.2 Å². The Morgan fingerprint density at radius 1 is 1.10 bits per heavy atom. The highest BCUT2D eigenvalue weighted by molar-refractivity contribution is 6.01. The number of hydrogen-bond acceptors (Lipinski definition) is 6. The third kappa shape index (κ3) is 3.23. The third-order valence-corrected chi connectivity index (χ3v) is 6.17. The summed E-state index contributed by atoms with van der Waals surface area (Å²) in [5, 5.41) is 0. The molecule has 160 valence electrons. The number of hydrogen-bond donors (Lipinski definition) is 0. The molecule has 4 rings (SSSR count). The molecule has 0 aliphatic carbocycles. The van der Waals surface area contributed by atoms with E-state index < -0.39 is 0 Å². The van der Waals surface area contributed by atoms with Crippen LogP contribution in [-0.4, -0.2) is 59.0 Å². The number of Topliss-reactive ketones (excluding diaryl/α,β-unsaturated/α-hetero) is 1. The lowest BCUT2D eigenvalue weighted by atomic mass is 9.85. The zero-order chi connectivity index (χ0) is 21.5. The molecule has 2 aromatic rings. The predicted molar refractivity (Wildman–Crippen MR) is 111 cm³/mol. The molecule has 7 nitrogen and oxygen atoms in total. The lowest BCUT2D eigenvalue weighted by Gasteiger charge is -2.43. The molecule has 0 spiro atoms. The number of fused-ring (bicyclic) bond motifs is 2. The first-order chi connectivity index (χ1) is 14.4. The van der Waals surface area contributed by atoms with Gasteiger partial charge in [0, 0.05) is 6.42 Å². The van der Waals surface area contributed by atoms with E-state index in [1.54, 1.807) is 33.5 Å². The minimum atomic E-state index is -0.111. The Morgan fingerprint density at radius 3 is 2.43 bits per heavy atom. The summed E-state index contributed by atoms with van der Waals surface area (Å²) in [6.07, 6.45) is 1.16. The smallest absolute Gasteiger partial charge is 0.231 e. The van der Waals surface area contributed by atoms with Crippen LogP contribution in [-0.2, 0) is 6.42 Å². The van der Waals surface area contributed by atoms with Gasteiger partial charge in [0.2, 0.25) is 12.5 Å². The van der Waals surface area contributed by atoms with Crippen molar-refractivity contribution in [2.75, 3.05) is 48.8 Å². The summed E-state index contributed by atoms with van der Waals surface area (Å²) in [7, 11) is 9.04. The van der Waals surface area contributed by atoms with Crippen molar-refractivity contribution >= 4 is 5.78 Å². The van der Waals surface area contributed by atoms with Crippen molar-refractivity contribution in [2.45, 2.75) is 18.9 Å². The molecule has 0 saturated heterocycles. The molecule has 2 heterocycles. The van der Waals surface area contributed by atoms with E-state index in [1.165, 1.54) is 0 Å². The van der Waals surface area contributed by atoms with Gasteiger partial charge in [-0.15, -0.1) is 0 Å². The second kappa shape index (κ2) is 7.72. The summed E-state index contributed by atoms with van der Waals surface area (Å²) < 4.78 is 28.6. The van der Waals surface area contributed by atoms with E-state index in [4.69, 9.17) is 23.7 Å². The molecule has 2 aromatic carbocycles. The van der Waals surface area contributed by atoms with Crippen LogP contribution in [0.25, 0.3) is 0 Å². The maximum absolute atomic E-state index is 13.5. The van der Waals surface area contributed by atoms with Crippen LogP contribution in [0.5, 0.6) is 28.7 Å². The second-order valence-corrected chi connectivity index (χ2v) is 8.15. The van der Waals surface area contributed by atoms with Gasteiger partial charge in [0.1, 0.15) is 23.1 Å². The molecule has 0 aromatic heterocycles. The molecule has 0 bridgehead atoms. The first-order valence-electron chi connectivity index (χ1n) is 9.97. The number of carbonyl (C=O) groups excluding carboxylic acids is 1. The van der Waals surface area contributed by atoms with Crippen molar-refractivity contribution in [3.63, 3.8) is 0 Å². The van der Waals surface area contributed by atoms with Crippen molar-refractivity contribution in [3.05, 3.63) is 41.0 Å². The maximum Gasteiger partial charge on any atom is 0.231 e. The summed E-state index contributed by atoms with van der Waals surface area (Å²) in [5.41, 5.74) is 2.62. The van der Waals surface area contributed by atoms with Crippen molar-refractivity contribution < 1.29 is 33.0 Å². The molecule has 0 unspecified atom stereocenters. The number of nitrogens with zero attached hydrogens (tertiary/aromatic N) is 1. The molecule has 2 aliphatic heterocycles. The number of ether oxygens (including phenoxy) is 5. The fourth-order valence-electron chi connectivity index (χ4n) is 4.52. The average Bonchev–Trinajstić information content (AvgIpc) is 3.21. The predicted octanol–water partition coefficient (Wildman–Crippen LogP) is 3.39. The van der Waals surface area contributed by atoms with E-state index in [0.717, 1.165) is 24.1 Å². The Balaban J connectivity index is 1.80. The Morgan fingerprint density at radius 2 is 1.80 bits per heavy atom. The van der Waals surface area contributed by atoms with Gasteiger partial charge in [-0.25, -0.2) is 0 Å². The third-order valence-electron chi connectivity index (χ3n) is 6.17. The largest absolute Gasteiger partial charge is 0.496 e. The monoisotopic (exact) mass is 414 g/mol. The molecule has 0 saturated carbocycles. The van der Waals surface area contributed by atoms with Gasteiger partial charge in [-0.3, -0.25) is 4.79 Å². The molecule has 30 heavy (non-hydrogen) atoms.